The second-order valence-corrected chi connectivity index (χ2v) is 8.88. The standard InChI is InChI=1S/C24H26N6OS/c1-15(2)13-29-14-19(12-25-29)18-9-10-20(17(4)11-18)23(32)22-16(3)7-6-8-21(22)30-24(31)28(5)26-27-30/h6-12,14-15H,13H2,1-5H3. The van der Waals surface area contributed by atoms with Crippen LogP contribution in [0.3, 0.4) is 0 Å². The molecule has 2 aromatic carbocycles. The maximum absolute atomic E-state index is 12.5. The molecule has 0 unspecified atom stereocenters. The average Bonchev–Trinajstić information content (AvgIpc) is 3.33. The van der Waals surface area contributed by atoms with E-state index in [0.29, 0.717) is 16.5 Å². The number of thiocarbonyl (C=S) groups is 1. The van der Waals surface area contributed by atoms with E-state index in [1.165, 1.54) is 9.36 Å². The molecule has 0 aliphatic carbocycles. The van der Waals surface area contributed by atoms with Gasteiger partial charge in [-0.1, -0.05) is 56.4 Å². The lowest BCUT2D eigenvalue weighted by molar-refractivity contribution is 0.483. The number of rotatable bonds is 6. The normalized spacial score (nSPS) is 11.3. The van der Waals surface area contributed by atoms with Gasteiger partial charge in [0.2, 0.25) is 0 Å². The Bertz CT molecular complexity index is 1360. The molecule has 4 aromatic rings. The minimum Gasteiger partial charge on any atom is -0.272 e. The minimum atomic E-state index is -0.315. The van der Waals surface area contributed by atoms with E-state index in [0.717, 1.165) is 39.9 Å². The van der Waals surface area contributed by atoms with Gasteiger partial charge in [-0.2, -0.15) is 14.5 Å². The summed E-state index contributed by atoms with van der Waals surface area (Å²) in [5.41, 5.74) is 6.29. The van der Waals surface area contributed by atoms with E-state index in [1.54, 1.807) is 7.05 Å². The molecule has 0 aliphatic heterocycles. The summed E-state index contributed by atoms with van der Waals surface area (Å²) in [5, 5.41) is 12.3. The predicted molar refractivity (Wildman–Crippen MR) is 129 cm³/mol. The molecule has 8 heteroatoms. The van der Waals surface area contributed by atoms with E-state index in [-0.39, 0.29) is 5.69 Å². The highest BCUT2D eigenvalue weighted by atomic mass is 32.1. The van der Waals surface area contributed by atoms with E-state index in [2.05, 4.69) is 54.6 Å². The zero-order chi connectivity index (χ0) is 23.0. The van der Waals surface area contributed by atoms with Gasteiger partial charge in [-0.3, -0.25) is 4.68 Å². The van der Waals surface area contributed by atoms with E-state index >= 15 is 0 Å². The Labute approximate surface area is 192 Å². The highest BCUT2D eigenvalue weighted by molar-refractivity contribution is 7.81. The highest BCUT2D eigenvalue weighted by Gasteiger charge is 2.19. The van der Waals surface area contributed by atoms with E-state index in [1.807, 2.05) is 42.1 Å². The van der Waals surface area contributed by atoms with Crippen molar-refractivity contribution < 1.29 is 0 Å². The van der Waals surface area contributed by atoms with E-state index in [4.69, 9.17) is 12.2 Å². The minimum absolute atomic E-state index is 0.315. The van der Waals surface area contributed by atoms with Crippen molar-refractivity contribution in [1.29, 1.82) is 0 Å². The van der Waals surface area contributed by atoms with Crippen LogP contribution in [0.5, 0.6) is 0 Å². The molecule has 0 fully saturated rings. The molecular weight excluding hydrogens is 420 g/mol. The summed E-state index contributed by atoms with van der Waals surface area (Å²) in [6.07, 6.45) is 3.97. The van der Waals surface area contributed by atoms with Gasteiger partial charge in [0.15, 0.2) is 0 Å². The quantitative estimate of drug-likeness (QED) is 0.332. The van der Waals surface area contributed by atoms with Crippen LogP contribution in [-0.4, -0.2) is 34.4 Å². The van der Waals surface area contributed by atoms with Crippen LogP contribution in [-0.2, 0) is 13.6 Å². The Morgan fingerprint density at radius 3 is 2.50 bits per heavy atom. The first-order chi connectivity index (χ1) is 15.3. The molecule has 2 heterocycles. The fourth-order valence-electron chi connectivity index (χ4n) is 3.81. The molecule has 4 rings (SSSR count). The van der Waals surface area contributed by atoms with Crippen molar-refractivity contribution in [2.75, 3.05) is 0 Å². The van der Waals surface area contributed by atoms with Gasteiger partial charge in [-0.05, 0) is 58.5 Å². The summed E-state index contributed by atoms with van der Waals surface area (Å²) in [6, 6.07) is 12.0. The zero-order valence-corrected chi connectivity index (χ0v) is 19.7. The summed E-state index contributed by atoms with van der Waals surface area (Å²) < 4.78 is 4.47. The van der Waals surface area contributed by atoms with Crippen LogP contribution in [0.2, 0.25) is 0 Å². The van der Waals surface area contributed by atoms with Crippen molar-refractivity contribution in [3.63, 3.8) is 0 Å². The van der Waals surface area contributed by atoms with Crippen molar-refractivity contribution in [2.24, 2.45) is 13.0 Å². The van der Waals surface area contributed by atoms with Crippen LogP contribution in [0.15, 0.2) is 53.6 Å². The van der Waals surface area contributed by atoms with Gasteiger partial charge >= 0.3 is 5.69 Å². The Kier molecular flexibility index (Phi) is 5.88. The third kappa shape index (κ3) is 4.05. The molecule has 0 radical (unpaired) electrons. The smallest absolute Gasteiger partial charge is 0.272 e. The largest absolute Gasteiger partial charge is 0.368 e. The van der Waals surface area contributed by atoms with Crippen molar-refractivity contribution in [2.45, 2.75) is 34.2 Å². The number of aryl methyl sites for hydroxylation is 3. The molecule has 32 heavy (non-hydrogen) atoms. The fraction of sp³-hybridized carbons (Fsp3) is 0.292. The first-order valence-corrected chi connectivity index (χ1v) is 10.9. The van der Waals surface area contributed by atoms with Crippen molar-refractivity contribution in [3.8, 4) is 16.8 Å². The topological polar surface area (TPSA) is 70.5 Å². The van der Waals surface area contributed by atoms with Crippen LogP contribution in [0.25, 0.3) is 16.8 Å². The molecule has 0 aliphatic rings. The maximum atomic E-state index is 12.5. The van der Waals surface area contributed by atoms with Gasteiger partial charge in [-0.15, -0.1) is 0 Å². The summed E-state index contributed by atoms with van der Waals surface area (Å²) in [6.45, 7) is 9.28. The van der Waals surface area contributed by atoms with Crippen LogP contribution >= 0.6 is 12.2 Å². The Morgan fingerprint density at radius 2 is 1.84 bits per heavy atom. The third-order valence-corrected chi connectivity index (χ3v) is 5.84. The van der Waals surface area contributed by atoms with Gasteiger partial charge in [0, 0.05) is 30.9 Å². The molecule has 0 N–H and O–H groups in total. The van der Waals surface area contributed by atoms with Crippen LogP contribution in [0.1, 0.15) is 36.1 Å². The SMILES string of the molecule is Cc1cc(-c2cnn(CC(C)C)c2)ccc1C(=S)c1c(C)cccc1-n1nnn(C)c1=O. The van der Waals surface area contributed by atoms with Gasteiger partial charge in [0.25, 0.3) is 0 Å². The lowest BCUT2D eigenvalue weighted by atomic mass is 9.93. The number of benzene rings is 2. The maximum Gasteiger partial charge on any atom is 0.368 e. The number of hydrogen-bond donors (Lipinski definition) is 0. The van der Waals surface area contributed by atoms with Crippen molar-refractivity contribution in [1.82, 2.24) is 29.6 Å². The molecular formula is C24H26N6OS. The lowest BCUT2D eigenvalue weighted by Crippen LogP contribution is -2.24. The molecule has 7 nitrogen and oxygen atoms in total. The second kappa shape index (κ2) is 8.63. The molecule has 0 saturated heterocycles. The molecule has 164 valence electrons. The number of tetrazole rings is 1. The average molecular weight is 447 g/mol. The van der Waals surface area contributed by atoms with Crippen LogP contribution in [0.4, 0.5) is 0 Å². The van der Waals surface area contributed by atoms with Crippen LogP contribution in [0, 0.1) is 19.8 Å². The number of nitrogens with zero attached hydrogens (tertiary/aromatic N) is 6. The predicted octanol–water partition coefficient (Wildman–Crippen LogP) is 3.87. The summed E-state index contributed by atoms with van der Waals surface area (Å²) in [7, 11) is 1.58. The van der Waals surface area contributed by atoms with Crippen molar-refractivity contribution in [3.05, 3.63) is 81.5 Å². The van der Waals surface area contributed by atoms with Gasteiger partial charge < -0.3 is 0 Å². The Morgan fingerprint density at radius 1 is 1.06 bits per heavy atom. The molecule has 0 atom stereocenters. The first-order valence-electron chi connectivity index (χ1n) is 10.5. The van der Waals surface area contributed by atoms with Gasteiger partial charge in [0.05, 0.1) is 16.7 Å². The Hall–Kier alpha value is -3.39. The molecule has 0 spiro atoms. The molecule has 0 bridgehead atoms. The summed E-state index contributed by atoms with van der Waals surface area (Å²) >= 11 is 5.92. The third-order valence-electron chi connectivity index (χ3n) is 5.42. The summed E-state index contributed by atoms with van der Waals surface area (Å²) in [5.74, 6) is 0.536. The number of hydrogen-bond acceptors (Lipinski definition) is 5. The van der Waals surface area contributed by atoms with Crippen molar-refractivity contribution >= 4 is 17.1 Å². The highest BCUT2D eigenvalue weighted by Crippen LogP contribution is 2.27. The molecule has 0 saturated carbocycles. The number of aromatic nitrogens is 6. The van der Waals surface area contributed by atoms with E-state index in [9.17, 15) is 4.79 Å². The molecule has 2 aromatic heterocycles. The first kappa shape index (κ1) is 21.8. The van der Waals surface area contributed by atoms with E-state index < -0.39 is 0 Å². The second-order valence-electron chi connectivity index (χ2n) is 8.47. The van der Waals surface area contributed by atoms with Crippen LogP contribution < -0.4 is 5.69 Å². The zero-order valence-electron chi connectivity index (χ0n) is 18.9. The summed E-state index contributed by atoms with van der Waals surface area (Å²) in [4.78, 5) is 13.2. The van der Waals surface area contributed by atoms with Gasteiger partial charge in [-0.25, -0.2) is 4.79 Å². The van der Waals surface area contributed by atoms with Gasteiger partial charge in [0.1, 0.15) is 0 Å². The fourth-order valence-corrected chi connectivity index (χ4v) is 4.30. The molecule has 0 amide bonds. The Balaban J connectivity index is 1.73. The lowest BCUT2D eigenvalue weighted by Gasteiger charge is -2.15. The monoisotopic (exact) mass is 446 g/mol.